The van der Waals surface area contributed by atoms with E-state index in [1.807, 2.05) is 18.2 Å². The van der Waals surface area contributed by atoms with Crippen LogP contribution in [0.4, 0.5) is 5.69 Å². The standard InChI is InChI=1S/C13H12N4O.ClH/c18-13-8-2-1-3-9-11(8)12(16-17-13)7-4-5-14-6-10(7)15-9;/h1-3,14,16H,4-6H2,(H,17,18);1H. The molecule has 0 unspecified atom stereocenters. The summed E-state index contributed by atoms with van der Waals surface area (Å²) >= 11 is 0. The number of aromatic nitrogens is 1. The molecule has 3 heterocycles. The van der Waals surface area contributed by atoms with Crippen LogP contribution in [-0.4, -0.2) is 17.4 Å². The number of hydrogen-bond donors (Lipinski definition) is 3. The molecule has 6 heteroatoms. The van der Waals surface area contributed by atoms with Gasteiger partial charge in [0.1, 0.15) is 0 Å². The van der Waals surface area contributed by atoms with Crippen molar-refractivity contribution in [1.29, 1.82) is 0 Å². The molecule has 1 amide bonds. The Hall–Kier alpha value is -1.85. The average Bonchev–Trinajstić information content (AvgIpc) is 2.42. The second-order valence-electron chi connectivity index (χ2n) is 4.62. The number of pyridine rings is 1. The number of benzene rings is 1. The fourth-order valence-corrected chi connectivity index (χ4v) is 2.75. The number of fused-ring (bicyclic) bond motifs is 2. The van der Waals surface area contributed by atoms with Gasteiger partial charge in [-0.15, -0.1) is 12.4 Å². The summed E-state index contributed by atoms with van der Waals surface area (Å²) in [6, 6.07) is 5.68. The van der Waals surface area contributed by atoms with Crippen molar-refractivity contribution >= 4 is 34.9 Å². The Labute approximate surface area is 116 Å². The van der Waals surface area contributed by atoms with E-state index in [0.717, 1.165) is 41.8 Å². The number of anilines is 1. The van der Waals surface area contributed by atoms with Crippen LogP contribution in [-0.2, 0) is 13.0 Å². The van der Waals surface area contributed by atoms with Crippen molar-refractivity contribution in [1.82, 2.24) is 15.7 Å². The third-order valence-electron chi connectivity index (χ3n) is 3.59. The minimum Gasteiger partial charge on any atom is -0.311 e. The van der Waals surface area contributed by atoms with Crippen LogP contribution in [0.2, 0.25) is 0 Å². The van der Waals surface area contributed by atoms with Crippen LogP contribution >= 0.6 is 12.4 Å². The van der Waals surface area contributed by atoms with Gasteiger partial charge in [0, 0.05) is 17.5 Å². The summed E-state index contributed by atoms with van der Waals surface area (Å²) in [5.41, 5.74) is 10.6. The Balaban J connectivity index is 0.00000110. The fraction of sp³-hybridized carbons (Fsp3) is 0.231. The first-order valence-corrected chi connectivity index (χ1v) is 6.06. The second kappa shape index (κ2) is 4.36. The zero-order valence-electron chi connectivity index (χ0n) is 10.1. The Morgan fingerprint density at radius 3 is 3.00 bits per heavy atom. The number of hydrazine groups is 1. The number of hydrogen-bond acceptors (Lipinski definition) is 4. The van der Waals surface area contributed by atoms with E-state index in [9.17, 15) is 4.79 Å². The van der Waals surface area contributed by atoms with E-state index in [1.54, 1.807) is 0 Å². The van der Waals surface area contributed by atoms with Crippen molar-refractivity contribution in [3.05, 3.63) is 35.0 Å². The monoisotopic (exact) mass is 276 g/mol. The van der Waals surface area contributed by atoms with Gasteiger partial charge in [-0.25, -0.2) is 0 Å². The number of carbonyl (C=O) groups excluding carboxylic acids is 1. The molecule has 0 bridgehead atoms. The molecule has 0 atom stereocenters. The summed E-state index contributed by atoms with van der Waals surface area (Å²) in [6.45, 7) is 1.74. The smallest absolute Gasteiger partial charge is 0.270 e. The fourth-order valence-electron chi connectivity index (χ4n) is 2.75. The minimum atomic E-state index is -0.0937. The summed E-state index contributed by atoms with van der Waals surface area (Å²) in [5, 5.41) is 4.27. The van der Waals surface area contributed by atoms with Gasteiger partial charge in [-0.3, -0.25) is 20.6 Å². The quantitative estimate of drug-likeness (QED) is 0.680. The van der Waals surface area contributed by atoms with Crippen LogP contribution in [0.25, 0.3) is 10.9 Å². The van der Waals surface area contributed by atoms with Gasteiger partial charge in [-0.2, -0.15) is 0 Å². The van der Waals surface area contributed by atoms with E-state index in [2.05, 4.69) is 21.2 Å². The first-order chi connectivity index (χ1) is 8.84. The lowest BCUT2D eigenvalue weighted by molar-refractivity contribution is 0.0962. The largest absolute Gasteiger partial charge is 0.311 e. The molecule has 2 aliphatic rings. The van der Waals surface area contributed by atoms with Gasteiger partial charge in [-0.05, 0) is 25.1 Å². The van der Waals surface area contributed by atoms with Crippen molar-refractivity contribution in [3.8, 4) is 0 Å². The number of halogens is 1. The van der Waals surface area contributed by atoms with Crippen LogP contribution in [0.5, 0.6) is 0 Å². The van der Waals surface area contributed by atoms with Gasteiger partial charge in [0.05, 0.1) is 22.5 Å². The predicted molar refractivity (Wildman–Crippen MR) is 75.5 cm³/mol. The topological polar surface area (TPSA) is 66.0 Å². The molecule has 19 heavy (non-hydrogen) atoms. The van der Waals surface area contributed by atoms with Crippen molar-refractivity contribution in [3.63, 3.8) is 0 Å². The lowest BCUT2D eigenvalue weighted by atomic mass is 9.96. The highest BCUT2D eigenvalue weighted by atomic mass is 35.5. The van der Waals surface area contributed by atoms with E-state index in [-0.39, 0.29) is 18.3 Å². The van der Waals surface area contributed by atoms with Gasteiger partial charge >= 0.3 is 0 Å². The molecule has 0 spiro atoms. The zero-order valence-corrected chi connectivity index (χ0v) is 10.9. The van der Waals surface area contributed by atoms with Crippen LogP contribution in [0.15, 0.2) is 18.2 Å². The molecule has 2 aromatic rings. The molecule has 0 fully saturated rings. The molecule has 3 N–H and O–H groups in total. The number of amides is 1. The highest BCUT2D eigenvalue weighted by Gasteiger charge is 2.24. The van der Waals surface area contributed by atoms with E-state index >= 15 is 0 Å². The highest BCUT2D eigenvalue weighted by Crippen LogP contribution is 2.34. The molecule has 5 nitrogen and oxygen atoms in total. The van der Waals surface area contributed by atoms with Crippen molar-refractivity contribution in [2.75, 3.05) is 12.0 Å². The lowest BCUT2D eigenvalue weighted by Gasteiger charge is -2.26. The third-order valence-corrected chi connectivity index (χ3v) is 3.59. The zero-order chi connectivity index (χ0) is 12.1. The summed E-state index contributed by atoms with van der Waals surface area (Å²) in [6.07, 6.45) is 0.935. The van der Waals surface area contributed by atoms with E-state index in [0.29, 0.717) is 5.56 Å². The van der Waals surface area contributed by atoms with Crippen LogP contribution < -0.4 is 16.2 Å². The summed E-state index contributed by atoms with van der Waals surface area (Å²) < 4.78 is 0. The maximum absolute atomic E-state index is 11.8. The van der Waals surface area contributed by atoms with Crippen molar-refractivity contribution in [2.24, 2.45) is 0 Å². The number of rotatable bonds is 0. The van der Waals surface area contributed by atoms with Gasteiger partial charge in [0.15, 0.2) is 0 Å². The third kappa shape index (κ3) is 1.66. The number of carbonyl (C=O) groups is 1. The van der Waals surface area contributed by atoms with Gasteiger partial charge in [0.25, 0.3) is 5.91 Å². The Morgan fingerprint density at radius 1 is 1.21 bits per heavy atom. The summed E-state index contributed by atoms with van der Waals surface area (Å²) in [5.74, 6) is -0.0937. The average molecular weight is 277 g/mol. The van der Waals surface area contributed by atoms with Crippen molar-refractivity contribution < 1.29 is 4.79 Å². The molecule has 0 aliphatic carbocycles. The highest BCUT2D eigenvalue weighted by molar-refractivity contribution is 6.14. The van der Waals surface area contributed by atoms with Gasteiger partial charge in [0.2, 0.25) is 0 Å². The SMILES string of the molecule is Cl.O=C1NNc2c3c(nc4cccc1c24)CNCC3. The summed E-state index contributed by atoms with van der Waals surface area (Å²) in [7, 11) is 0. The first-order valence-electron chi connectivity index (χ1n) is 6.06. The molecule has 1 aromatic carbocycles. The maximum Gasteiger partial charge on any atom is 0.270 e. The molecule has 0 saturated heterocycles. The number of nitrogens with one attached hydrogen (secondary N) is 3. The minimum absolute atomic E-state index is 0. The molecule has 4 rings (SSSR count). The molecule has 0 radical (unpaired) electrons. The first kappa shape index (κ1) is 12.2. The molecular weight excluding hydrogens is 264 g/mol. The normalized spacial score (nSPS) is 16.1. The Morgan fingerprint density at radius 2 is 2.11 bits per heavy atom. The second-order valence-corrected chi connectivity index (χ2v) is 4.62. The lowest BCUT2D eigenvalue weighted by Crippen LogP contribution is -2.35. The molecule has 1 aromatic heterocycles. The molecule has 0 saturated carbocycles. The Kier molecular flexibility index (Phi) is 2.80. The van der Waals surface area contributed by atoms with E-state index in [4.69, 9.17) is 0 Å². The number of nitrogens with zero attached hydrogens (tertiary/aromatic N) is 1. The molecular formula is C13H13ClN4O. The van der Waals surface area contributed by atoms with E-state index < -0.39 is 0 Å². The van der Waals surface area contributed by atoms with Gasteiger partial charge < -0.3 is 5.32 Å². The Bertz CT molecular complexity index is 686. The predicted octanol–water partition coefficient (Wildman–Crippen LogP) is 1.37. The van der Waals surface area contributed by atoms with Crippen LogP contribution in [0.1, 0.15) is 21.6 Å². The summed E-state index contributed by atoms with van der Waals surface area (Å²) in [4.78, 5) is 16.5. The molecule has 2 aliphatic heterocycles. The van der Waals surface area contributed by atoms with Crippen LogP contribution in [0, 0.1) is 0 Å². The molecule has 98 valence electrons. The van der Waals surface area contributed by atoms with E-state index in [1.165, 1.54) is 5.56 Å². The van der Waals surface area contributed by atoms with Gasteiger partial charge in [-0.1, -0.05) is 6.07 Å². The maximum atomic E-state index is 11.8. The van der Waals surface area contributed by atoms with Crippen molar-refractivity contribution in [2.45, 2.75) is 13.0 Å². The van der Waals surface area contributed by atoms with Crippen LogP contribution in [0.3, 0.4) is 0 Å².